The highest BCUT2D eigenvalue weighted by Gasteiger charge is 2.62. The Morgan fingerprint density at radius 1 is 0.943 bits per heavy atom. The van der Waals surface area contributed by atoms with E-state index in [2.05, 4.69) is 10.6 Å². The molecule has 0 bridgehead atoms. The third-order valence-electron chi connectivity index (χ3n) is 5.83. The molecule has 3 heterocycles. The number of fused-ring (bicyclic) bond motifs is 3. The van der Waals surface area contributed by atoms with Crippen LogP contribution in [0.1, 0.15) is 51.9 Å². The SMILES string of the molecule is CCOC(=O)c1ccc(NC(=O)C(C)NC(=O)C2OC3OC(C)(C)OC3C3OC(C)(C)OC23)cc1. The minimum Gasteiger partial charge on any atom is -0.462 e. The Morgan fingerprint density at radius 3 is 2.20 bits per heavy atom. The number of nitrogens with one attached hydrogen (secondary N) is 2. The molecule has 0 aliphatic carbocycles. The van der Waals surface area contributed by atoms with Crippen LogP contribution in [0.5, 0.6) is 0 Å². The minimum absolute atomic E-state index is 0.272. The molecule has 192 valence electrons. The van der Waals surface area contributed by atoms with Crippen molar-refractivity contribution in [1.82, 2.24) is 5.32 Å². The maximum Gasteiger partial charge on any atom is 0.338 e. The lowest BCUT2D eigenvalue weighted by Crippen LogP contribution is -2.60. The number of carbonyl (C=O) groups excluding carboxylic acids is 3. The van der Waals surface area contributed by atoms with Crippen LogP contribution in [0.15, 0.2) is 24.3 Å². The molecule has 0 spiro atoms. The predicted octanol–water partition coefficient (Wildman–Crippen LogP) is 1.70. The number of esters is 1. The Kier molecular flexibility index (Phi) is 6.91. The first-order valence-electron chi connectivity index (χ1n) is 11.6. The molecule has 1 aromatic carbocycles. The van der Waals surface area contributed by atoms with Crippen molar-refractivity contribution in [2.24, 2.45) is 0 Å². The first-order chi connectivity index (χ1) is 16.4. The fourth-order valence-electron chi connectivity index (χ4n) is 4.34. The fraction of sp³-hybridized carbons (Fsp3) is 0.625. The summed E-state index contributed by atoms with van der Waals surface area (Å²) < 4.78 is 34.6. The molecule has 2 amide bonds. The van der Waals surface area contributed by atoms with Crippen molar-refractivity contribution in [3.63, 3.8) is 0 Å². The lowest BCUT2D eigenvalue weighted by atomic mass is 9.98. The smallest absolute Gasteiger partial charge is 0.338 e. The fourth-order valence-corrected chi connectivity index (χ4v) is 4.34. The highest BCUT2D eigenvalue weighted by atomic mass is 16.9. The van der Waals surface area contributed by atoms with Gasteiger partial charge in [-0.1, -0.05) is 0 Å². The molecule has 3 fully saturated rings. The highest BCUT2D eigenvalue weighted by molar-refractivity contribution is 5.98. The van der Waals surface area contributed by atoms with Crippen molar-refractivity contribution in [2.75, 3.05) is 11.9 Å². The number of benzene rings is 1. The average molecular weight is 493 g/mol. The van der Waals surface area contributed by atoms with Crippen molar-refractivity contribution >= 4 is 23.5 Å². The molecule has 2 N–H and O–H groups in total. The van der Waals surface area contributed by atoms with Crippen LogP contribution in [0, 0.1) is 0 Å². The second kappa shape index (κ2) is 9.47. The van der Waals surface area contributed by atoms with Crippen molar-refractivity contribution in [2.45, 2.75) is 89.9 Å². The summed E-state index contributed by atoms with van der Waals surface area (Å²) in [6.07, 6.45) is -3.77. The number of hydrogen-bond donors (Lipinski definition) is 2. The molecule has 6 unspecified atom stereocenters. The number of amides is 2. The van der Waals surface area contributed by atoms with Crippen LogP contribution in [0.4, 0.5) is 5.69 Å². The Bertz CT molecular complexity index is 978. The van der Waals surface area contributed by atoms with Crippen LogP contribution in [0.2, 0.25) is 0 Å². The van der Waals surface area contributed by atoms with Crippen LogP contribution in [-0.4, -0.2) is 72.7 Å². The molecule has 11 heteroatoms. The zero-order valence-electron chi connectivity index (χ0n) is 20.7. The molecule has 1 aromatic rings. The average Bonchev–Trinajstić information content (AvgIpc) is 3.27. The monoisotopic (exact) mass is 492 g/mol. The zero-order valence-corrected chi connectivity index (χ0v) is 20.7. The van der Waals surface area contributed by atoms with Crippen molar-refractivity contribution in [3.8, 4) is 0 Å². The molecule has 3 aliphatic rings. The van der Waals surface area contributed by atoms with E-state index in [0.717, 1.165) is 0 Å². The number of rotatable bonds is 6. The third-order valence-corrected chi connectivity index (χ3v) is 5.83. The van der Waals surface area contributed by atoms with Crippen molar-refractivity contribution in [1.29, 1.82) is 0 Å². The Balaban J connectivity index is 1.39. The van der Waals surface area contributed by atoms with Gasteiger partial charge in [0.25, 0.3) is 5.91 Å². The highest BCUT2D eigenvalue weighted by Crippen LogP contribution is 2.44. The van der Waals surface area contributed by atoms with Gasteiger partial charge in [0.15, 0.2) is 24.0 Å². The van der Waals surface area contributed by atoms with Crippen LogP contribution in [0.3, 0.4) is 0 Å². The molecule has 0 aromatic heterocycles. The molecule has 0 saturated carbocycles. The lowest BCUT2D eigenvalue weighted by Gasteiger charge is -2.36. The van der Waals surface area contributed by atoms with Gasteiger partial charge in [0.05, 0.1) is 12.2 Å². The topological polar surface area (TPSA) is 131 Å². The van der Waals surface area contributed by atoms with E-state index in [1.165, 1.54) is 0 Å². The van der Waals surface area contributed by atoms with E-state index in [0.29, 0.717) is 11.3 Å². The number of ether oxygens (including phenoxy) is 6. The van der Waals surface area contributed by atoms with Gasteiger partial charge in [-0.25, -0.2) is 4.79 Å². The van der Waals surface area contributed by atoms with E-state index in [-0.39, 0.29) is 6.61 Å². The quantitative estimate of drug-likeness (QED) is 0.570. The van der Waals surface area contributed by atoms with E-state index in [4.69, 9.17) is 28.4 Å². The number of hydrogen-bond acceptors (Lipinski definition) is 9. The first kappa shape index (κ1) is 25.5. The van der Waals surface area contributed by atoms with Gasteiger partial charge in [-0.3, -0.25) is 9.59 Å². The van der Waals surface area contributed by atoms with Gasteiger partial charge in [0.1, 0.15) is 24.4 Å². The maximum absolute atomic E-state index is 13.2. The molecule has 4 rings (SSSR count). The molecular weight excluding hydrogens is 460 g/mol. The predicted molar refractivity (Wildman–Crippen MR) is 121 cm³/mol. The summed E-state index contributed by atoms with van der Waals surface area (Å²) in [6, 6.07) is 5.37. The molecule has 3 aliphatic heterocycles. The van der Waals surface area contributed by atoms with Crippen LogP contribution < -0.4 is 10.6 Å². The summed E-state index contributed by atoms with van der Waals surface area (Å²) in [5.41, 5.74) is 0.838. The number of anilines is 1. The summed E-state index contributed by atoms with van der Waals surface area (Å²) in [5, 5.41) is 5.38. The van der Waals surface area contributed by atoms with Gasteiger partial charge < -0.3 is 39.1 Å². The summed E-state index contributed by atoms with van der Waals surface area (Å²) in [6.45, 7) is 10.6. The van der Waals surface area contributed by atoms with Gasteiger partial charge in [-0.15, -0.1) is 0 Å². The summed E-state index contributed by atoms with van der Waals surface area (Å²) in [5.74, 6) is -3.27. The third kappa shape index (κ3) is 5.49. The molecule has 3 saturated heterocycles. The summed E-state index contributed by atoms with van der Waals surface area (Å²) in [7, 11) is 0. The maximum atomic E-state index is 13.2. The zero-order chi connectivity index (χ0) is 25.5. The second-order valence-electron chi connectivity index (χ2n) is 9.61. The molecule has 11 nitrogen and oxygen atoms in total. The van der Waals surface area contributed by atoms with E-state index >= 15 is 0 Å². The largest absolute Gasteiger partial charge is 0.462 e. The molecule has 0 radical (unpaired) electrons. The van der Waals surface area contributed by atoms with Gasteiger partial charge >= 0.3 is 5.97 Å². The van der Waals surface area contributed by atoms with Gasteiger partial charge in [-0.05, 0) is 65.8 Å². The Hall–Kier alpha value is -2.57. The van der Waals surface area contributed by atoms with Gasteiger partial charge in [0, 0.05) is 5.69 Å². The lowest BCUT2D eigenvalue weighted by molar-refractivity contribution is -0.231. The summed E-state index contributed by atoms with van der Waals surface area (Å²) in [4.78, 5) is 37.6. The van der Waals surface area contributed by atoms with Gasteiger partial charge in [-0.2, -0.15) is 0 Å². The van der Waals surface area contributed by atoms with Crippen LogP contribution in [0.25, 0.3) is 0 Å². The van der Waals surface area contributed by atoms with Crippen LogP contribution in [-0.2, 0) is 38.0 Å². The number of carbonyl (C=O) groups is 3. The second-order valence-corrected chi connectivity index (χ2v) is 9.61. The van der Waals surface area contributed by atoms with E-state index in [9.17, 15) is 14.4 Å². The molecule has 6 atom stereocenters. The van der Waals surface area contributed by atoms with Crippen molar-refractivity contribution in [3.05, 3.63) is 29.8 Å². The van der Waals surface area contributed by atoms with E-state index in [1.54, 1.807) is 65.8 Å². The molecule has 35 heavy (non-hydrogen) atoms. The normalized spacial score (nSPS) is 31.1. The van der Waals surface area contributed by atoms with Gasteiger partial charge in [0.2, 0.25) is 5.91 Å². The van der Waals surface area contributed by atoms with Crippen LogP contribution >= 0.6 is 0 Å². The summed E-state index contributed by atoms with van der Waals surface area (Å²) >= 11 is 0. The Labute approximate surface area is 203 Å². The van der Waals surface area contributed by atoms with Crippen molar-refractivity contribution < 1.29 is 42.8 Å². The standard InChI is InChI=1S/C24H32N2O9/c1-7-30-21(29)13-8-10-14(11-9-13)26-19(27)12(2)25-20(28)17-15-16(33-23(3,4)32-15)18-22(31-17)35-24(5,6)34-18/h8-12,15-18,22H,7H2,1-6H3,(H,25,28)(H,26,27). The van der Waals surface area contributed by atoms with E-state index < -0.39 is 66.1 Å². The minimum atomic E-state index is -1.07. The first-order valence-corrected chi connectivity index (χ1v) is 11.6. The molecular formula is C24H32N2O9. The van der Waals surface area contributed by atoms with E-state index in [1.807, 2.05) is 0 Å². The Morgan fingerprint density at radius 2 is 1.54 bits per heavy atom.